The molecular weight excluding hydrogens is 1010 g/mol. The molecule has 1 atom stereocenters. The van der Waals surface area contributed by atoms with Crippen LogP contribution in [0.25, 0.3) is 0 Å². The minimum absolute atomic E-state index is 0.0905. The Morgan fingerprint density at radius 3 is 0.780 bits per heavy atom. The minimum Gasteiger partial charge on any atom is -0.462 e. The summed E-state index contributed by atoms with van der Waals surface area (Å²) in [5.41, 5.74) is 0. The lowest BCUT2D eigenvalue weighted by molar-refractivity contribution is -0.167. The summed E-state index contributed by atoms with van der Waals surface area (Å²) < 4.78 is 16.9. The summed E-state index contributed by atoms with van der Waals surface area (Å²) in [7, 11) is 0. The first-order chi connectivity index (χ1) is 40.5. The van der Waals surface area contributed by atoms with Gasteiger partial charge in [-0.2, -0.15) is 0 Å². The van der Waals surface area contributed by atoms with Crippen LogP contribution in [0.3, 0.4) is 0 Å². The van der Waals surface area contributed by atoms with Crippen LogP contribution in [0.2, 0.25) is 0 Å². The molecule has 472 valence electrons. The Kier molecular flexibility index (Phi) is 66.7. The van der Waals surface area contributed by atoms with E-state index in [0.717, 1.165) is 96.3 Å². The normalized spacial score (nSPS) is 12.7. The smallest absolute Gasteiger partial charge is 0.306 e. The van der Waals surface area contributed by atoms with Crippen molar-refractivity contribution in [1.29, 1.82) is 0 Å². The maximum atomic E-state index is 12.9. The topological polar surface area (TPSA) is 78.9 Å². The molecule has 0 aliphatic heterocycles. The average Bonchev–Trinajstić information content (AvgIpc) is 3.47. The van der Waals surface area contributed by atoms with Crippen molar-refractivity contribution in [2.75, 3.05) is 13.2 Å². The molecule has 0 aromatic heterocycles. The van der Waals surface area contributed by atoms with Gasteiger partial charge in [0, 0.05) is 19.3 Å². The molecule has 6 nitrogen and oxygen atoms in total. The van der Waals surface area contributed by atoms with Gasteiger partial charge in [-0.1, -0.05) is 304 Å². The third kappa shape index (κ3) is 67.1. The number of esters is 3. The van der Waals surface area contributed by atoms with Crippen molar-refractivity contribution in [3.63, 3.8) is 0 Å². The highest BCUT2D eigenvalue weighted by molar-refractivity contribution is 5.71. The standard InChI is InChI=1S/C76H132O6/c1-4-7-10-13-16-19-22-25-28-30-32-33-34-35-36-37-38-39-40-41-42-43-44-46-48-51-54-57-60-63-66-69-75(78)81-72-73(71-80-74(77)68-65-62-59-56-53-50-47-27-24-21-18-15-12-9-6-3)82-76(79)70-67-64-61-58-55-52-49-45-31-29-26-23-20-17-14-11-8-5-2/h9,12,18,21-22,25,27,29-32,34-35,47,53,56,73H,4-8,10-11,13-17,19-20,23-24,26,28,33,36-46,48-52,54-55,57-72H2,1-3H3/b12-9-,21-18-,25-22-,31-29-,32-30-,35-34-,47-27-,56-53-. The molecule has 0 radical (unpaired) electrons. The van der Waals surface area contributed by atoms with E-state index in [4.69, 9.17) is 14.2 Å². The molecule has 0 saturated heterocycles. The summed E-state index contributed by atoms with van der Waals surface area (Å²) in [6, 6.07) is 0. The van der Waals surface area contributed by atoms with Crippen LogP contribution in [0.15, 0.2) is 97.2 Å². The Hall–Kier alpha value is -3.67. The number of ether oxygens (including phenoxy) is 3. The van der Waals surface area contributed by atoms with Gasteiger partial charge in [0.15, 0.2) is 6.10 Å². The number of hydrogen-bond donors (Lipinski definition) is 0. The summed E-state index contributed by atoms with van der Waals surface area (Å²) in [4.78, 5) is 38.4. The maximum absolute atomic E-state index is 12.9. The van der Waals surface area contributed by atoms with E-state index in [-0.39, 0.29) is 31.1 Å². The van der Waals surface area contributed by atoms with Gasteiger partial charge in [-0.15, -0.1) is 0 Å². The fraction of sp³-hybridized carbons (Fsp3) is 0.750. The van der Waals surface area contributed by atoms with Crippen LogP contribution in [0, 0.1) is 0 Å². The monoisotopic (exact) mass is 1140 g/mol. The third-order valence-corrected chi connectivity index (χ3v) is 15.3. The number of carbonyl (C=O) groups excluding carboxylic acids is 3. The minimum atomic E-state index is -0.798. The highest BCUT2D eigenvalue weighted by atomic mass is 16.6. The molecule has 82 heavy (non-hydrogen) atoms. The Morgan fingerprint density at radius 1 is 0.256 bits per heavy atom. The number of allylic oxidation sites excluding steroid dienone is 16. The van der Waals surface area contributed by atoms with Crippen LogP contribution >= 0.6 is 0 Å². The summed E-state index contributed by atoms with van der Waals surface area (Å²) >= 11 is 0. The Labute approximate surface area is 508 Å². The summed E-state index contributed by atoms with van der Waals surface area (Å²) in [6.07, 6.45) is 94.4. The fourth-order valence-electron chi connectivity index (χ4n) is 10.0. The lowest BCUT2D eigenvalue weighted by Crippen LogP contribution is -2.30. The fourth-order valence-corrected chi connectivity index (χ4v) is 10.0. The zero-order chi connectivity index (χ0) is 59.2. The zero-order valence-corrected chi connectivity index (χ0v) is 54.2. The van der Waals surface area contributed by atoms with E-state index in [1.54, 1.807) is 0 Å². The molecule has 6 heteroatoms. The van der Waals surface area contributed by atoms with Crippen LogP contribution in [0.1, 0.15) is 348 Å². The molecule has 0 heterocycles. The second-order valence-electron chi connectivity index (χ2n) is 23.4. The average molecular weight is 1140 g/mol. The van der Waals surface area contributed by atoms with Gasteiger partial charge < -0.3 is 14.2 Å². The number of unbranched alkanes of at least 4 members (excludes halogenated alkanes) is 37. The van der Waals surface area contributed by atoms with Crippen LogP contribution in [-0.2, 0) is 28.6 Å². The van der Waals surface area contributed by atoms with Crippen molar-refractivity contribution in [1.82, 2.24) is 0 Å². The predicted molar refractivity (Wildman–Crippen MR) is 357 cm³/mol. The van der Waals surface area contributed by atoms with Crippen molar-refractivity contribution < 1.29 is 28.6 Å². The molecule has 0 bridgehead atoms. The zero-order valence-electron chi connectivity index (χ0n) is 54.2. The van der Waals surface area contributed by atoms with E-state index < -0.39 is 6.10 Å². The van der Waals surface area contributed by atoms with Gasteiger partial charge in [0.1, 0.15) is 13.2 Å². The van der Waals surface area contributed by atoms with Gasteiger partial charge in [0.05, 0.1) is 0 Å². The first kappa shape index (κ1) is 78.3. The van der Waals surface area contributed by atoms with Gasteiger partial charge in [0.25, 0.3) is 0 Å². The van der Waals surface area contributed by atoms with Crippen LogP contribution < -0.4 is 0 Å². The number of hydrogen-bond acceptors (Lipinski definition) is 6. The molecule has 0 aliphatic carbocycles. The quantitative estimate of drug-likeness (QED) is 0.0261. The van der Waals surface area contributed by atoms with Crippen LogP contribution in [0.5, 0.6) is 0 Å². The van der Waals surface area contributed by atoms with Gasteiger partial charge in [0.2, 0.25) is 0 Å². The SMILES string of the molecule is CC/C=C\C/C=C\C/C=C\C/C=C\CCCCC(=O)OCC(COC(=O)CCCCCCCCCCCCCCCCCC/C=C\C/C=C\C/C=C\CCCCCCC)OC(=O)CCCCCCCCC/C=C\CCCCCCCCC. The lowest BCUT2D eigenvalue weighted by Gasteiger charge is -2.18. The van der Waals surface area contributed by atoms with Crippen molar-refractivity contribution in [3.8, 4) is 0 Å². The molecule has 0 aromatic carbocycles. The van der Waals surface area contributed by atoms with Gasteiger partial charge >= 0.3 is 17.9 Å². The second kappa shape index (κ2) is 69.8. The van der Waals surface area contributed by atoms with Crippen LogP contribution in [-0.4, -0.2) is 37.2 Å². The van der Waals surface area contributed by atoms with E-state index in [0.29, 0.717) is 19.3 Å². The van der Waals surface area contributed by atoms with Gasteiger partial charge in [-0.25, -0.2) is 0 Å². The van der Waals surface area contributed by atoms with Gasteiger partial charge in [-0.05, 0) is 122 Å². The predicted octanol–water partition coefficient (Wildman–Crippen LogP) is 24.4. The molecule has 0 aliphatic rings. The molecule has 0 amide bonds. The number of rotatable bonds is 64. The first-order valence-electron chi connectivity index (χ1n) is 35.2. The summed E-state index contributed by atoms with van der Waals surface area (Å²) in [6.45, 7) is 6.51. The molecule has 0 saturated carbocycles. The van der Waals surface area contributed by atoms with Crippen molar-refractivity contribution in [2.45, 2.75) is 354 Å². The molecule has 0 spiro atoms. The maximum Gasteiger partial charge on any atom is 0.306 e. The van der Waals surface area contributed by atoms with Crippen LogP contribution in [0.4, 0.5) is 0 Å². The molecule has 0 N–H and O–H groups in total. The Morgan fingerprint density at radius 2 is 0.476 bits per heavy atom. The van der Waals surface area contributed by atoms with E-state index in [1.807, 2.05) is 0 Å². The Balaban J connectivity index is 4.26. The highest BCUT2D eigenvalue weighted by Crippen LogP contribution is 2.17. The van der Waals surface area contributed by atoms with E-state index in [1.165, 1.54) is 212 Å². The molecular formula is C76H132O6. The van der Waals surface area contributed by atoms with E-state index >= 15 is 0 Å². The van der Waals surface area contributed by atoms with E-state index in [9.17, 15) is 14.4 Å². The second-order valence-corrected chi connectivity index (χ2v) is 23.4. The summed E-state index contributed by atoms with van der Waals surface area (Å²) in [5.74, 6) is -0.924. The first-order valence-corrected chi connectivity index (χ1v) is 35.2. The van der Waals surface area contributed by atoms with Crippen molar-refractivity contribution in [3.05, 3.63) is 97.2 Å². The lowest BCUT2D eigenvalue weighted by atomic mass is 10.0. The van der Waals surface area contributed by atoms with Gasteiger partial charge in [-0.3, -0.25) is 14.4 Å². The van der Waals surface area contributed by atoms with E-state index in [2.05, 4.69) is 118 Å². The summed E-state index contributed by atoms with van der Waals surface area (Å²) in [5, 5.41) is 0. The third-order valence-electron chi connectivity index (χ3n) is 15.3. The molecule has 1 unspecified atom stereocenters. The molecule has 0 aromatic rings. The molecule has 0 rings (SSSR count). The van der Waals surface area contributed by atoms with Crippen molar-refractivity contribution >= 4 is 17.9 Å². The highest BCUT2D eigenvalue weighted by Gasteiger charge is 2.19. The largest absolute Gasteiger partial charge is 0.462 e. The van der Waals surface area contributed by atoms with Crippen molar-refractivity contribution in [2.24, 2.45) is 0 Å². The Bertz CT molecular complexity index is 1590. The molecule has 0 fully saturated rings. The number of carbonyl (C=O) groups is 3.